The van der Waals surface area contributed by atoms with Crippen molar-refractivity contribution in [1.82, 2.24) is 0 Å². The zero-order chi connectivity index (χ0) is 19.9. The van der Waals surface area contributed by atoms with Crippen LogP contribution in [0, 0.1) is 0 Å². The van der Waals surface area contributed by atoms with E-state index in [2.05, 4.69) is 4.74 Å². The Balaban J connectivity index is 1.33. The summed E-state index contributed by atoms with van der Waals surface area (Å²) in [6.45, 7) is 0.102. The van der Waals surface area contributed by atoms with E-state index in [9.17, 15) is 4.79 Å². The molecule has 0 aromatic rings. The van der Waals surface area contributed by atoms with Crippen LogP contribution in [0.3, 0.4) is 0 Å². The molecule has 0 aromatic heterocycles. The van der Waals surface area contributed by atoms with Gasteiger partial charge in [0.2, 0.25) is 0 Å². The van der Waals surface area contributed by atoms with Crippen LogP contribution in [0.1, 0.15) is 64.2 Å². The highest BCUT2D eigenvalue weighted by Crippen LogP contribution is 2.50. The number of fused-ring (bicyclic) bond motifs is 3. The van der Waals surface area contributed by atoms with E-state index in [4.69, 9.17) is 28.4 Å². The normalized spacial score (nSPS) is 40.0. The van der Waals surface area contributed by atoms with Gasteiger partial charge in [-0.3, -0.25) is 0 Å². The summed E-state index contributed by atoms with van der Waals surface area (Å²) >= 11 is 0. The van der Waals surface area contributed by atoms with Crippen LogP contribution in [0.15, 0.2) is 0 Å². The smallest absolute Gasteiger partial charge is 0.331 e. The number of methoxy groups -OCH3 is 1. The monoisotopic (exact) mass is 412 g/mol. The van der Waals surface area contributed by atoms with Crippen LogP contribution >= 0.6 is 0 Å². The lowest BCUT2D eigenvalue weighted by molar-refractivity contribution is -0.256. The summed E-state index contributed by atoms with van der Waals surface area (Å²) in [7, 11) is 1.34. The van der Waals surface area contributed by atoms with Crippen molar-refractivity contribution in [1.29, 1.82) is 0 Å². The molecular formula is C21H32O8. The molecule has 3 saturated heterocycles. The molecule has 164 valence electrons. The van der Waals surface area contributed by atoms with Gasteiger partial charge in [-0.15, -0.1) is 0 Å². The molecule has 3 aliphatic heterocycles. The summed E-state index contributed by atoms with van der Waals surface area (Å²) in [6.07, 6.45) is 8.64. The van der Waals surface area contributed by atoms with Gasteiger partial charge in [0.1, 0.15) is 31.0 Å². The molecule has 0 bridgehead atoms. The molecule has 0 radical (unpaired) electrons. The Morgan fingerprint density at radius 3 is 2.07 bits per heavy atom. The molecule has 0 aromatic carbocycles. The van der Waals surface area contributed by atoms with Crippen LogP contribution in [-0.2, 0) is 38.0 Å². The number of carbonyl (C=O) groups excluding carboxylic acids is 1. The fourth-order valence-corrected chi connectivity index (χ4v) is 5.49. The Kier molecular flexibility index (Phi) is 5.60. The first-order valence-corrected chi connectivity index (χ1v) is 11.1. The molecule has 2 saturated carbocycles. The molecule has 2 spiro atoms. The quantitative estimate of drug-likeness (QED) is 0.651. The maximum Gasteiger partial charge on any atom is 0.331 e. The minimum absolute atomic E-state index is 0.116. The first kappa shape index (κ1) is 20.2. The highest BCUT2D eigenvalue weighted by molar-refractivity contribution is 5.70. The Morgan fingerprint density at radius 1 is 0.828 bits per heavy atom. The van der Waals surface area contributed by atoms with E-state index in [0.717, 1.165) is 51.4 Å². The van der Waals surface area contributed by atoms with E-state index in [1.54, 1.807) is 0 Å². The van der Waals surface area contributed by atoms with Crippen LogP contribution in [0.2, 0.25) is 0 Å². The van der Waals surface area contributed by atoms with Gasteiger partial charge >= 0.3 is 5.97 Å². The molecule has 5 rings (SSSR count). The van der Waals surface area contributed by atoms with E-state index >= 15 is 0 Å². The van der Waals surface area contributed by atoms with Crippen LogP contribution in [0.4, 0.5) is 0 Å². The zero-order valence-corrected chi connectivity index (χ0v) is 17.1. The van der Waals surface area contributed by atoms with Crippen molar-refractivity contribution >= 4 is 5.97 Å². The molecule has 3 heterocycles. The van der Waals surface area contributed by atoms with Crippen molar-refractivity contribution in [2.45, 2.75) is 106 Å². The Hall–Kier alpha value is -0.770. The lowest BCUT2D eigenvalue weighted by atomic mass is 9.94. The third-order valence-corrected chi connectivity index (χ3v) is 6.94. The molecular weight excluding hydrogens is 380 g/mol. The Morgan fingerprint density at radius 2 is 1.41 bits per heavy atom. The summed E-state index contributed by atoms with van der Waals surface area (Å²) in [4.78, 5) is 11.4. The van der Waals surface area contributed by atoms with Crippen LogP contribution in [0.25, 0.3) is 0 Å². The fraction of sp³-hybridized carbons (Fsp3) is 0.952. The first-order valence-electron chi connectivity index (χ1n) is 11.1. The van der Waals surface area contributed by atoms with Crippen LogP contribution < -0.4 is 0 Å². The minimum Gasteiger partial charge on any atom is -0.467 e. The average molecular weight is 412 g/mol. The Labute approximate surface area is 171 Å². The van der Waals surface area contributed by atoms with Crippen LogP contribution in [0.5, 0.6) is 0 Å². The maximum absolute atomic E-state index is 11.4. The number of hydrogen-bond acceptors (Lipinski definition) is 8. The lowest BCUT2D eigenvalue weighted by Gasteiger charge is -2.37. The van der Waals surface area contributed by atoms with Gasteiger partial charge in [-0.25, -0.2) is 4.79 Å². The molecule has 0 N–H and O–H groups in total. The highest BCUT2D eigenvalue weighted by Gasteiger charge is 2.63. The predicted octanol–water partition coefficient (Wildman–Crippen LogP) is 2.42. The second kappa shape index (κ2) is 8.05. The van der Waals surface area contributed by atoms with Crippen molar-refractivity contribution in [2.75, 3.05) is 20.3 Å². The Bertz CT molecular complexity index is 597. The van der Waals surface area contributed by atoms with E-state index < -0.39 is 23.8 Å². The average Bonchev–Trinajstić information content (AvgIpc) is 3.27. The third-order valence-electron chi connectivity index (χ3n) is 6.94. The van der Waals surface area contributed by atoms with Gasteiger partial charge in [-0.2, -0.15) is 0 Å². The zero-order valence-electron chi connectivity index (χ0n) is 17.1. The number of ether oxygens (including phenoxy) is 7. The standard InChI is InChI=1S/C21H32O8/c1-23-15(22)13-24-12-14-16-17(27-20(26-16)8-4-2-5-9-20)18-19(25-14)29-21(28-18)10-6-3-7-11-21/h14,16-19H,2-13H2,1H3/t14-,16+,17+,18-,19-/m1/s1. The SMILES string of the molecule is COC(=O)COC[C@H]1O[C@@H]2OC3(CCCCC3)O[C@@H]2[C@H]2OC3(CCCCC3)O[C@H]21. The van der Waals surface area contributed by atoms with Crippen molar-refractivity contribution in [2.24, 2.45) is 0 Å². The fourth-order valence-electron chi connectivity index (χ4n) is 5.49. The second-order valence-corrected chi connectivity index (χ2v) is 8.94. The maximum atomic E-state index is 11.4. The van der Waals surface area contributed by atoms with Gasteiger partial charge in [0, 0.05) is 25.7 Å². The summed E-state index contributed by atoms with van der Waals surface area (Å²) < 4.78 is 42.4. The molecule has 5 fully saturated rings. The number of hydrogen-bond donors (Lipinski definition) is 0. The summed E-state index contributed by atoms with van der Waals surface area (Å²) in [5, 5.41) is 0. The minimum atomic E-state index is -0.564. The van der Waals surface area contributed by atoms with Crippen molar-refractivity contribution in [3.63, 3.8) is 0 Å². The number of esters is 1. The molecule has 8 nitrogen and oxygen atoms in total. The van der Waals surface area contributed by atoms with E-state index in [1.807, 2.05) is 0 Å². The molecule has 29 heavy (non-hydrogen) atoms. The second-order valence-electron chi connectivity index (χ2n) is 8.94. The first-order chi connectivity index (χ1) is 14.1. The van der Waals surface area contributed by atoms with E-state index in [1.165, 1.54) is 20.0 Å². The highest BCUT2D eigenvalue weighted by atomic mass is 16.9. The summed E-state index contributed by atoms with van der Waals surface area (Å²) in [6, 6.07) is 0. The van der Waals surface area contributed by atoms with Crippen molar-refractivity contribution in [3.05, 3.63) is 0 Å². The van der Waals surface area contributed by atoms with Gasteiger partial charge in [0.15, 0.2) is 17.9 Å². The molecule has 5 atom stereocenters. The van der Waals surface area contributed by atoms with Crippen molar-refractivity contribution in [3.8, 4) is 0 Å². The molecule has 5 aliphatic rings. The largest absolute Gasteiger partial charge is 0.467 e. The van der Waals surface area contributed by atoms with E-state index in [-0.39, 0.29) is 37.6 Å². The lowest BCUT2D eigenvalue weighted by Crippen LogP contribution is -2.56. The molecule has 2 aliphatic carbocycles. The van der Waals surface area contributed by atoms with Gasteiger partial charge in [-0.1, -0.05) is 12.8 Å². The predicted molar refractivity (Wildman–Crippen MR) is 98.8 cm³/mol. The van der Waals surface area contributed by atoms with Gasteiger partial charge in [-0.05, 0) is 25.7 Å². The summed E-state index contributed by atoms with van der Waals surface area (Å²) in [5.74, 6) is -1.53. The molecule has 0 unspecified atom stereocenters. The number of rotatable bonds is 4. The van der Waals surface area contributed by atoms with Crippen LogP contribution in [-0.4, -0.2) is 68.6 Å². The summed E-state index contributed by atoms with van der Waals surface area (Å²) in [5.41, 5.74) is 0. The van der Waals surface area contributed by atoms with Gasteiger partial charge in [0.25, 0.3) is 0 Å². The molecule has 0 amide bonds. The van der Waals surface area contributed by atoms with E-state index in [0.29, 0.717) is 0 Å². The number of carbonyl (C=O) groups is 1. The van der Waals surface area contributed by atoms with Gasteiger partial charge < -0.3 is 33.2 Å². The molecule has 8 heteroatoms. The topological polar surface area (TPSA) is 81.7 Å². The van der Waals surface area contributed by atoms with Crippen molar-refractivity contribution < 1.29 is 38.0 Å². The van der Waals surface area contributed by atoms with Gasteiger partial charge in [0.05, 0.1) is 13.7 Å². The third kappa shape index (κ3) is 3.83.